The third-order valence-corrected chi connectivity index (χ3v) is 5.72. The second-order valence-corrected chi connectivity index (χ2v) is 9.43. The van der Waals surface area contributed by atoms with Gasteiger partial charge in [0, 0.05) is 12.6 Å². The Bertz CT molecular complexity index is 1070. The lowest BCUT2D eigenvalue weighted by Crippen LogP contribution is -2.40. The lowest BCUT2D eigenvalue weighted by molar-refractivity contribution is -0.119. The van der Waals surface area contributed by atoms with E-state index in [4.69, 9.17) is 18.9 Å². The second-order valence-electron chi connectivity index (χ2n) is 7.53. The van der Waals surface area contributed by atoms with Crippen LogP contribution in [-0.2, 0) is 21.4 Å². The van der Waals surface area contributed by atoms with Crippen molar-refractivity contribution in [2.45, 2.75) is 26.5 Å². The summed E-state index contributed by atoms with van der Waals surface area (Å²) in [7, 11) is -2.17. The number of sulfonamides is 1. The summed E-state index contributed by atoms with van der Waals surface area (Å²) < 4.78 is 47.8. The average molecular weight is 465 g/mol. The van der Waals surface area contributed by atoms with E-state index in [2.05, 4.69) is 5.32 Å². The number of rotatable bonds is 9. The van der Waals surface area contributed by atoms with Crippen molar-refractivity contribution in [1.82, 2.24) is 5.32 Å². The van der Waals surface area contributed by atoms with Crippen LogP contribution in [-0.4, -0.2) is 53.6 Å². The van der Waals surface area contributed by atoms with Gasteiger partial charge in [-0.15, -0.1) is 0 Å². The van der Waals surface area contributed by atoms with Crippen molar-refractivity contribution in [1.29, 1.82) is 0 Å². The molecule has 0 spiro atoms. The van der Waals surface area contributed by atoms with Gasteiger partial charge in [-0.1, -0.05) is 6.07 Å². The summed E-state index contributed by atoms with van der Waals surface area (Å²) in [6, 6.07) is 10.1. The molecule has 174 valence electrons. The number of carbonyl (C=O) groups excluding carboxylic acids is 1. The molecule has 0 bridgehead atoms. The van der Waals surface area contributed by atoms with Crippen LogP contribution in [0.25, 0.3) is 0 Å². The highest BCUT2D eigenvalue weighted by Gasteiger charge is 2.23. The molecule has 10 heteroatoms. The minimum atomic E-state index is -3.71. The van der Waals surface area contributed by atoms with E-state index in [1.165, 1.54) is 0 Å². The van der Waals surface area contributed by atoms with Crippen LogP contribution in [0.5, 0.6) is 23.0 Å². The van der Waals surface area contributed by atoms with Crippen molar-refractivity contribution in [2.75, 3.05) is 37.4 Å². The molecule has 2 aromatic rings. The zero-order valence-electron chi connectivity index (χ0n) is 18.6. The number of fused-ring (bicyclic) bond motifs is 1. The molecule has 9 nitrogen and oxygen atoms in total. The topological polar surface area (TPSA) is 103 Å². The van der Waals surface area contributed by atoms with Crippen LogP contribution in [0.2, 0.25) is 0 Å². The van der Waals surface area contributed by atoms with Gasteiger partial charge in [-0.3, -0.25) is 9.10 Å². The largest absolute Gasteiger partial charge is 0.493 e. The number of methoxy groups -OCH3 is 1. The van der Waals surface area contributed by atoms with Crippen LogP contribution in [0.3, 0.4) is 0 Å². The van der Waals surface area contributed by atoms with Crippen LogP contribution in [0, 0.1) is 0 Å². The minimum Gasteiger partial charge on any atom is -0.493 e. The fraction of sp³-hybridized carbons (Fsp3) is 0.409. The van der Waals surface area contributed by atoms with Crippen LogP contribution < -0.4 is 28.6 Å². The van der Waals surface area contributed by atoms with Crippen molar-refractivity contribution in [3.05, 3.63) is 42.0 Å². The first-order chi connectivity index (χ1) is 15.2. The Hall–Kier alpha value is -3.14. The summed E-state index contributed by atoms with van der Waals surface area (Å²) in [6.07, 6.45) is 1.05. The number of ether oxygens (including phenoxy) is 4. The molecular formula is C22H28N2O7S. The quantitative estimate of drug-likeness (QED) is 0.608. The van der Waals surface area contributed by atoms with Gasteiger partial charge in [-0.25, -0.2) is 8.42 Å². The summed E-state index contributed by atoms with van der Waals surface area (Å²) in [5, 5.41) is 2.75. The SMILES string of the molecule is COc1cc(CNC(=O)CN(c2ccc3c(c2)OCCO3)S(C)(=O)=O)ccc1OC(C)C. The predicted octanol–water partition coefficient (Wildman–Crippen LogP) is 2.34. The maximum atomic E-state index is 12.6. The summed E-state index contributed by atoms with van der Waals surface area (Å²) >= 11 is 0. The van der Waals surface area contributed by atoms with Crippen LogP contribution in [0.15, 0.2) is 36.4 Å². The molecule has 32 heavy (non-hydrogen) atoms. The van der Waals surface area contributed by atoms with Crippen molar-refractivity contribution in [3.63, 3.8) is 0 Å². The van der Waals surface area contributed by atoms with Crippen molar-refractivity contribution < 1.29 is 32.2 Å². The number of hydrogen-bond donors (Lipinski definition) is 1. The fourth-order valence-corrected chi connectivity index (χ4v) is 4.00. The van der Waals surface area contributed by atoms with E-state index in [-0.39, 0.29) is 19.2 Å². The molecule has 0 aliphatic carbocycles. The molecule has 0 radical (unpaired) electrons. The number of hydrogen-bond acceptors (Lipinski definition) is 7. The highest BCUT2D eigenvalue weighted by atomic mass is 32.2. The molecule has 0 atom stereocenters. The van der Waals surface area contributed by atoms with E-state index >= 15 is 0 Å². The van der Waals surface area contributed by atoms with Gasteiger partial charge in [-0.2, -0.15) is 0 Å². The number of anilines is 1. The number of benzene rings is 2. The molecule has 0 fully saturated rings. The van der Waals surface area contributed by atoms with E-state index in [1.807, 2.05) is 19.9 Å². The Labute approximate surface area is 188 Å². The number of nitrogens with one attached hydrogen (secondary N) is 1. The van der Waals surface area contributed by atoms with Crippen molar-refractivity contribution in [3.8, 4) is 23.0 Å². The molecular weight excluding hydrogens is 436 g/mol. The van der Waals surface area contributed by atoms with E-state index in [0.717, 1.165) is 16.1 Å². The van der Waals surface area contributed by atoms with E-state index < -0.39 is 15.9 Å². The molecule has 0 aromatic heterocycles. The maximum absolute atomic E-state index is 12.6. The van der Waals surface area contributed by atoms with Crippen molar-refractivity contribution in [2.24, 2.45) is 0 Å². The predicted molar refractivity (Wildman–Crippen MR) is 120 cm³/mol. The summed E-state index contributed by atoms with van der Waals surface area (Å²) in [6.45, 7) is 4.48. The Morgan fingerprint density at radius 3 is 2.47 bits per heavy atom. The normalized spacial score (nSPS) is 12.9. The van der Waals surface area contributed by atoms with Gasteiger partial charge in [-0.05, 0) is 43.7 Å². The zero-order valence-corrected chi connectivity index (χ0v) is 19.4. The molecule has 1 amide bonds. The molecule has 1 aliphatic rings. The van der Waals surface area contributed by atoms with Gasteiger partial charge in [0.15, 0.2) is 23.0 Å². The first kappa shape index (κ1) is 23.5. The third kappa shape index (κ3) is 5.97. The standard InChI is InChI=1S/C22H28N2O7S/c1-15(2)31-19-7-5-16(11-20(19)28-3)13-23-22(25)14-24(32(4,26)27)17-6-8-18-21(12-17)30-10-9-29-18/h5-8,11-12,15H,9-10,13-14H2,1-4H3,(H,23,25). The van der Waals surface area contributed by atoms with Gasteiger partial charge in [0.2, 0.25) is 15.9 Å². The van der Waals surface area contributed by atoms with Crippen LogP contribution in [0.1, 0.15) is 19.4 Å². The molecule has 0 unspecified atom stereocenters. The van der Waals surface area contributed by atoms with Gasteiger partial charge < -0.3 is 24.3 Å². The smallest absolute Gasteiger partial charge is 0.241 e. The molecule has 1 N–H and O–H groups in total. The first-order valence-corrected chi connectivity index (χ1v) is 12.0. The highest BCUT2D eigenvalue weighted by Crippen LogP contribution is 2.34. The summed E-state index contributed by atoms with van der Waals surface area (Å²) in [4.78, 5) is 12.6. The Morgan fingerprint density at radius 1 is 1.09 bits per heavy atom. The third-order valence-electron chi connectivity index (χ3n) is 4.58. The van der Waals surface area contributed by atoms with Gasteiger partial charge >= 0.3 is 0 Å². The number of amides is 1. The Morgan fingerprint density at radius 2 is 1.81 bits per heavy atom. The second kappa shape index (κ2) is 9.99. The fourth-order valence-electron chi connectivity index (χ4n) is 3.15. The van der Waals surface area contributed by atoms with E-state index in [9.17, 15) is 13.2 Å². The molecule has 0 saturated heterocycles. The minimum absolute atomic E-state index is 0.00279. The van der Waals surface area contributed by atoms with Crippen molar-refractivity contribution >= 4 is 21.6 Å². The monoisotopic (exact) mass is 464 g/mol. The summed E-state index contributed by atoms with van der Waals surface area (Å²) in [5.74, 6) is 1.70. The Kier molecular flexibility index (Phi) is 7.34. The Balaban J connectivity index is 1.69. The lowest BCUT2D eigenvalue weighted by atomic mass is 10.2. The van der Waals surface area contributed by atoms with E-state index in [0.29, 0.717) is 41.9 Å². The molecule has 2 aromatic carbocycles. The van der Waals surface area contributed by atoms with Gasteiger partial charge in [0.05, 0.1) is 25.2 Å². The van der Waals surface area contributed by atoms with Crippen LogP contribution >= 0.6 is 0 Å². The highest BCUT2D eigenvalue weighted by molar-refractivity contribution is 7.92. The molecule has 1 heterocycles. The molecule has 1 aliphatic heterocycles. The molecule has 3 rings (SSSR count). The number of carbonyl (C=O) groups is 1. The van der Waals surface area contributed by atoms with Crippen LogP contribution in [0.4, 0.5) is 5.69 Å². The van der Waals surface area contributed by atoms with Gasteiger partial charge in [0.25, 0.3) is 0 Å². The summed E-state index contributed by atoms with van der Waals surface area (Å²) in [5.41, 5.74) is 1.11. The number of nitrogens with zero attached hydrogens (tertiary/aromatic N) is 1. The lowest BCUT2D eigenvalue weighted by Gasteiger charge is -2.24. The average Bonchev–Trinajstić information content (AvgIpc) is 2.75. The molecule has 0 saturated carbocycles. The first-order valence-electron chi connectivity index (χ1n) is 10.1. The maximum Gasteiger partial charge on any atom is 0.241 e. The van der Waals surface area contributed by atoms with E-state index in [1.54, 1.807) is 37.4 Å². The zero-order chi connectivity index (χ0) is 23.3. The van der Waals surface area contributed by atoms with Gasteiger partial charge in [0.1, 0.15) is 19.8 Å².